The molecular weight excluding hydrogens is 534 g/mol. The Bertz CT molecular complexity index is 1390. The lowest BCUT2D eigenvalue weighted by atomic mass is 9.78. The number of rotatable bonds is 5. The van der Waals surface area contributed by atoms with E-state index in [9.17, 15) is 19.5 Å². The van der Waals surface area contributed by atoms with Gasteiger partial charge in [-0.2, -0.15) is 0 Å². The molecule has 6 atom stereocenters. The molecule has 2 aromatic carbocycles. The highest BCUT2D eigenvalue weighted by molar-refractivity contribution is 8.02. The maximum absolute atomic E-state index is 14.7. The first-order valence-corrected chi connectivity index (χ1v) is 15.2. The molecule has 3 amide bonds. The minimum Gasteiger partial charge on any atom is -0.394 e. The first-order valence-electron chi connectivity index (χ1n) is 14.3. The lowest BCUT2D eigenvalue weighted by Crippen LogP contribution is -2.59. The van der Waals surface area contributed by atoms with Crippen molar-refractivity contribution in [3.8, 4) is 0 Å². The Hall–Kier alpha value is -3.36. The number of anilines is 1. The monoisotopic (exact) mass is 571 g/mol. The summed E-state index contributed by atoms with van der Waals surface area (Å²) in [6.07, 6.45) is 8.51. The number of aliphatic hydroxyl groups is 1. The second-order valence-electron chi connectivity index (χ2n) is 12.3. The number of amides is 3. The van der Waals surface area contributed by atoms with Gasteiger partial charge in [-0.1, -0.05) is 72.8 Å². The van der Waals surface area contributed by atoms with Gasteiger partial charge in [0.05, 0.1) is 29.2 Å². The maximum Gasteiger partial charge on any atom is 0.247 e. The van der Waals surface area contributed by atoms with E-state index in [1.54, 1.807) is 21.6 Å². The summed E-state index contributed by atoms with van der Waals surface area (Å²) < 4.78 is -0.923. The molecule has 1 unspecified atom stereocenters. The smallest absolute Gasteiger partial charge is 0.247 e. The summed E-state index contributed by atoms with van der Waals surface area (Å²) in [6, 6.07) is 17.8. The van der Waals surface area contributed by atoms with Gasteiger partial charge >= 0.3 is 0 Å². The van der Waals surface area contributed by atoms with Gasteiger partial charge in [-0.25, -0.2) is 0 Å². The predicted octanol–water partition coefficient (Wildman–Crippen LogP) is 3.69. The van der Waals surface area contributed by atoms with Crippen LogP contribution in [0.3, 0.4) is 0 Å². The molecule has 214 valence electrons. The molecule has 4 aliphatic heterocycles. The molecule has 0 bridgehead atoms. The lowest BCUT2D eigenvalue weighted by molar-refractivity contribution is -0.148. The van der Waals surface area contributed by atoms with Gasteiger partial charge in [0.2, 0.25) is 17.7 Å². The van der Waals surface area contributed by atoms with E-state index in [0.717, 1.165) is 11.3 Å². The fourth-order valence-electron chi connectivity index (χ4n) is 7.05. The van der Waals surface area contributed by atoms with Gasteiger partial charge in [-0.3, -0.25) is 14.4 Å². The van der Waals surface area contributed by atoms with Gasteiger partial charge in [0.1, 0.15) is 6.04 Å². The zero-order valence-corrected chi connectivity index (χ0v) is 24.5. The Kier molecular flexibility index (Phi) is 7.10. The van der Waals surface area contributed by atoms with Crippen molar-refractivity contribution in [2.24, 2.45) is 11.8 Å². The maximum atomic E-state index is 14.7. The minimum absolute atomic E-state index is 0.101. The van der Waals surface area contributed by atoms with Crippen molar-refractivity contribution < 1.29 is 19.5 Å². The standard InChI is InChI=1S/C33H37N3O4S/c1-32(2,3)35-19-11-17-33-27(26-25(41-33)16-10-18-34(29(26)38)23-14-8-5-9-15-23)30(39)36(28(33)31(35)40)24(21-37)20-22-12-6-4-7-13-22/h4-17,24-28,37H,18-21H2,1-3H3/t24-,25-,26+,27+,28?,33+/m1/s1. The molecule has 0 saturated carbocycles. The van der Waals surface area contributed by atoms with Crippen LogP contribution in [-0.4, -0.2) is 79.9 Å². The molecule has 4 heterocycles. The third-order valence-corrected chi connectivity index (χ3v) is 10.6. The molecule has 0 radical (unpaired) electrons. The minimum atomic E-state index is -0.923. The molecule has 4 aliphatic rings. The van der Waals surface area contributed by atoms with Gasteiger partial charge in [0.25, 0.3) is 0 Å². The van der Waals surface area contributed by atoms with E-state index in [1.807, 2.05) is 105 Å². The van der Waals surface area contributed by atoms with E-state index < -0.39 is 34.2 Å². The van der Waals surface area contributed by atoms with Crippen molar-refractivity contribution in [2.75, 3.05) is 24.6 Å². The van der Waals surface area contributed by atoms with E-state index in [1.165, 1.54) is 0 Å². The number of carbonyl (C=O) groups excluding carboxylic acids is 3. The molecule has 1 N–H and O–H groups in total. The van der Waals surface area contributed by atoms with Gasteiger partial charge in [-0.05, 0) is 44.9 Å². The summed E-state index contributed by atoms with van der Waals surface area (Å²) in [5, 5.41) is 10.4. The van der Waals surface area contributed by atoms with Gasteiger partial charge < -0.3 is 19.8 Å². The molecule has 6 rings (SSSR count). The molecule has 7 nitrogen and oxygen atoms in total. The molecule has 0 aromatic heterocycles. The van der Waals surface area contributed by atoms with E-state index >= 15 is 0 Å². The second-order valence-corrected chi connectivity index (χ2v) is 13.8. The highest BCUT2D eigenvalue weighted by Crippen LogP contribution is 2.61. The van der Waals surface area contributed by atoms with E-state index in [2.05, 4.69) is 6.08 Å². The number of hydrogen-bond donors (Lipinski definition) is 1. The first-order chi connectivity index (χ1) is 19.7. The van der Waals surface area contributed by atoms with Crippen LogP contribution < -0.4 is 4.90 Å². The Morgan fingerprint density at radius 3 is 2.27 bits per heavy atom. The molecule has 2 saturated heterocycles. The average Bonchev–Trinajstić information content (AvgIpc) is 3.27. The van der Waals surface area contributed by atoms with E-state index in [0.29, 0.717) is 19.5 Å². The second kappa shape index (κ2) is 10.5. The first kappa shape index (κ1) is 27.8. The van der Waals surface area contributed by atoms with Crippen molar-refractivity contribution >= 4 is 35.2 Å². The summed E-state index contributed by atoms with van der Waals surface area (Å²) in [7, 11) is 0. The number of thioether (sulfide) groups is 1. The molecule has 0 aliphatic carbocycles. The van der Waals surface area contributed by atoms with Crippen LogP contribution in [0.25, 0.3) is 0 Å². The van der Waals surface area contributed by atoms with Crippen molar-refractivity contribution in [3.63, 3.8) is 0 Å². The zero-order chi connectivity index (χ0) is 28.9. The SMILES string of the molecule is CC(C)(C)N1CC=C[C@]23S[C@@H]4C=CCN(c5ccccc5)C(=O)[C@@H]4[C@H]2C(=O)N([C@@H](CO)Cc2ccccc2)C3C1=O. The van der Waals surface area contributed by atoms with Crippen molar-refractivity contribution in [1.82, 2.24) is 9.80 Å². The van der Waals surface area contributed by atoms with Gasteiger partial charge in [0.15, 0.2) is 0 Å². The summed E-state index contributed by atoms with van der Waals surface area (Å²) in [6.45, 7) is 6.57. The topological polar surface area (TPSA) is 81.2 Å². The van der Waals surface area contributed by atoms with Crippen molar-refractivity contribution in [3.05, 3.63) is 90.5 Å². The van der Waals surface area contributed by atoms with Crippen LogP contribution in [0.1, 0.15) is 26.3 Å². The number of nitrogens with zero attached hydrogens (tertiary/aromatic N) is 3. The molecule has 1 spiro atoms. The third kappa shape index (κ3) is 4.52. The highest BCUT2D eigenvalue weighted by Gasteiger charge is 2.72. The Morgan fingerprint density at radius 2 is 1.61 bits per heavy atom. The average molecular weight is 572 g/mol. The normalized spacial score (nSPS) is 30.1. The number of carbonyl (C=O) groups is 3. The van der Waals surface area contributed by atoms with Crippen LogP contribution in [0, 0.1) is 11.8 Å². The van der Waals surface area contributed by atoms with Crippen LogP contribution in [0.4, 0.5) is 5.69 Å². The number of hydrogen-bond acceptors (Lipinski definition) is 5. The third-order valence-electron chi connectivity index (χ3n) is 8.89. The Morgan fingerprint density at radius 1 is 0.927 bits per heavy atom. The van der Waals surface area contributed by atoms with Crippen LogP contribution in [0.5, 0.6) is 0 Å². The number of para-hydroxylation sites is 1. The molecule has 2 aromatic rings. The van der Waals surface area contributed by atoms with Crippen LogP contribution >= 0.6 is 11.8 Å². The van der Waals surface area contributed by atoms with Crippen LogP contribution in [-0.2, 0) is 20.8 Å². The van der Waals surface area contributed by atoms with Crippen LogP contribution in [0.2, 0.25) is 0 Å². The largest absolute Gasteiger partial charge is 0.394 e. The lowest BCUT2D eigenvalue weighted by Gasteiger charge is -2.42. The number of aliphatic hydroxyl groups excluding tert-OH is 1. The zero-order valence-electron chi connectivity index (χ0n) is 23.7. The highest BCUT2D eigenvalue weighted by atomic mass is 32.2. The molecule has 2 fully saturated rings. The predicted molar refractivity (Wildman–Crippen MR) is 161 cm³/mol. The van der Waals surface area contributed by atoms with Crippen molar-refractivity contribution in [2.45, 2.75) is 54.8 Å². The molecule has 41 heavy (non-hydrogen) atoms. The Balaban J connectivity index is 1.47. The number of fused-ring (bicyclic) bond motifs is 2. The fraction of sp³-hybridized carbons (Fsp3) is 0.424. The van der Waals surface area contributed by atoms with E-state index in [-0.39, 0.29) is 29.6 Å². The van der Waals surface area contributed by atoms with Gasteiger partial charge in [0, 0.05) is 29.6 Å². The summed E-state index contributed by atoms with van der Waals surface area (Å²) in [5.41, 5.74) is 1.29. The molecular formula is C33H37N3O4S. The molecule has 8 heteroatoms. The van der Waals surface area contributed by atoms with E-state index in [4.69, 9.17) is 0 Å². The summed E-state index contributed by atoms with van der Waals surface area (Å²) in [5.74, 6) is -1.82. The van der Waals surface area contributed by atoms with Crippen molar-refractivity contribution in [1.29, 1.82) is 0 Å². The number of benzene rings is 2. The quantitative estimate of drug-likeness (QED) is 0.554. The van der Waals surface area contributed by atoms with Crippen LogP contribution in [0.15, 0.2) is 85.0 Å². The number of likely N-dealkylation sites (tertiary alicyclic amines) is 1. The van der Waals surface area contributed by atoms with Gasteiger partial charge in [-0.15, -0.1) is 11.8 Å². The summed E-state index contributed by atoms with van der Waals surface area (Å²) in [4.78, 5) is 48.8. The summed E-state index contributed by atoms with van der Waals surface area (Å²) >= 11 is 1.57. The fourth-order valence-corrected chi connectivity index (χ4v) is 9.04. The Labute approximate surface area is 245 Å².